The third-order valence-electron chi connectivity index (χ3n) is 2.00. The second-order valence-electron chi connectivity index (χ2n) is 3.27. The van der Waals surface area contributed by atoms with Crippen molar-refractivity contribution in [2.75, 3.05) is 13.1 Å². The van der Waals surface area contributed by atoms with Gasteiger partial charge in [0.2, 0.25) is 0 Å². The van der Waals surface area contributed by atoms with Crippen molar-refractivity contribution in [2.45, 2.75) is 26.2 Å². The second-order valence-corrected chi connectivity index (χ2v) is 3.27. The highest BCUT2D eigenvalue weighted by Gasteiger charge is 2.12. The normalized spacial score (nSPS) is 18.8. The first kappa shape index (κ1) is 9.26. The summed E-state index contributed by atoms with van der Waals surface area (Å²) in [7, 11) is 0. The SMILES string of the molecule is C=C(C)C(=O)NN1CCCCC1. The number of hydrazine groups is 1. The van der Waals surface area contributed by atoms with Crippen molar-refractivity contribution in [2.24, 2.45) is 0 Å². The van der Waals surface area contributed by atoms with Crippen LogP contribution < -0.4 is 5.43 Å². The summed E-state index contributed by atoms with van der Waals surface area (Å²) in [6.45, 7) is 7.25. The summed E-state index contributed by atoms with van der Waals surface area (Å²) in [5.74, 6) is -0.0584. The maximum absolute atomic E-state index is 11.2. The molecule has 1 amide bonds. The van der Waals surface area contributed by atoms with Crippen LogP contribution in [0.25, 0.3) is 0 Å². The Kier molecular flexibility index (Phi) is 3.29. The summed E-state index contributed by atoms with van der Waals surface area (Å²) in [5.41, 5.74) is 3.38. The number of hydrogen-bond donors (Lipinski definition) is 1. The number of carbonyl (C=O) groups is 1. The van der Waals surface area contributed by atoms with Crippen LogP contribution in [0.5, 0.6) is 0 Å². The van der Waals surface area contributed by atoms with E-state index in [0.29, 0.717) is 5.57 Å². The molecule has 0 unspecified atom stereocenters. The van der Waals surface area contributed by atoms with Crippen molar-refractivity contribution in [3.05, 3.63) is 12.2 Å². The summed E-state index contributed by atoms with van der Waals surface area (Å²) in [5, 5.41) is 1.97. The lowest BCUT2D eigenvalue weighted by atomic mass is 10.2. The van der Waals surface area contributed by atoms with E-state index in [0.717, 1.165) is 13.1 Å². The Morgan fingerprint density at radius 2 is 1.92 bits per heavy atom. The molecule has 1 saturated heterocycles. The van der Waals surface area contributed by atoms with Gasteiger partial charge in [0.25, 0.3) is 5.91 Å². The van der Waals surface area contributed by atoms with Crippen molar-refractivity contribution < 1.29 is 4.79 Å². The van der Waals surface area contributed by atoms with Gasteiger partial charge >= 0.3 is 0 Å². The number of hydrogen-bond acceptors (Lipinski definition) is 2. The minimum atomic E-state index is -0.0584. The second kappa shape index (κ2) is 4.26. The molecule has 0 spiro atoms. The van der Waals surface area contributed by atoms with E-state index in [4.69, 9.17) is 0 Å². The van der Waals surface area contributed by atoms with Crippen LogP contribution in [0.1, 0.15) is 26.2 Å². The summed E-state index contributed by atoms with van der Waals surface area (Å²) in [6.07, 6.45) is 3.63. The van der Waals surface area contributed by atoms with E-state index < -0.39 is 0 Å². The van der Waals surface area contributed by atoms with Gasteiger partial charge in [0.15, 0.2) is 0 Å². The van der Waals surface area contributed by atoms with Gasteiger partial charge in [-0.2, -0.15) is 0 Å². The largest absolute Gasteiger partial charge is 0.285 e. The van der Waals surface area contributed by atoms with E-state index >= 15 is 0 Å². The first-order chi connectivity index (χ1) is 5.70. The van der Waals surface area contributed by atoms with Gasteiger partial charge in [-0.25, -0.2) is 5.01 Å². The van der Waals surface area contributed by atoms with Gasteiger partial charge in [0.1, 0.15) is 0 Å². The molecule has 0 saturated carbocycles. The molecule has 3 heteroatoms. The van der Waals surface area contributed by atoms with Gasteiger partial charge in [0, 0.05) is 18.7 Å². The van der Waals surface area contributed by atoms with Crippen molar-refractivity contribution in [1.29, 1.82) is 0 Å². The molecule has 68 valence electrons. The van der Waals surface area contributed by atoms with Crippen LogP contribution in [0.3, 0.4) is 0 Å². The average molecular weight is 168 g/mol. The number of carbonyl (C=O) groups excluding carboxylic acids is 1. The number of amides is 1. The molecular weight excluding hydrogens is 152 g/mol. The van der Waals surface area contributed by atoms with Crippen LogP contribution in [0.4, 0.5) is 0 Å². The maximum Gasteiger partial charge on any atom is 0.260 e. The Hall–Kier alpha value is -0.830. The number of nitrogens with zero attached hydrogens (tertiary/aromatic N) is 1. The summed E-state index contributed by atoms with van der Waals surface area (Å²) in [4.78, 5) is 11.2. The smallest absolute Gasteiger partial charge is 0.260 e. The molecule has 1 N–H and O–H groups in total. The Morgan fingerprint density at radius 3 is 2.42 bits per heavy atom. The van der Waals surface area contributed by atoms with Gasteiger partial charge in [0.05, 0.1) is 0 Å². The van der Waals surface area contributed by atoms with Crippen LogP contribution in [-0.4, -0.2) is 24.0 Å². The zero-order valence-corrected chi connectivity index (χ0v) is 7.60. The molecule has 0 aromatic carbocycles. The minimum Gasteiger partial charge on any atom is -0.285 e. The van der Waals surface area contributed by atoms with Gasteiger partial charge < -0.3 is 0 Å². The highest BCUT2D eigenvalue weighted by molar-refractivity contribution is 5.91. The minimum absolute atomic E-state index is 0.0584. The van der Waals surface area contributed by atoms with Crippen LogP contribution in [0.2, 0.25) is 0 Å². The van der Waals surface area contributed by atoms with E-state index in [9.17, 15) is 4.79 Å². The van der Waals surface area contributed by atoms with E-state index in [1.54, 1.807) is 6.92 Å². The Labute approximate surface area is 73.4 Å². The standard InChI is InChI=1S/C9H16N2O/c1-8(2)9(12)10-11-6-4-3-5-7-11/h1,3-7H2,2H3,(H,10,12). The predicted octanol–water partition coefficient (Wildman–Crippen LogP) is 1.08. The number of piperidine rings is 1. The lowest BCUT2D eigenvalue weighted by Gasteiger charge is -2.26. The lowest BCUT2D eigenvalue weighted by molar-refractivity contribution is -0.122. The molecule has 0 atom stereocenters. The molecular formula is C9H16N2O. The molecule has 1 rings (SSSR count). The average Bonchev–Trinajstić information content (AvgIpc) is 2.06. The molecule has 0 radical (unpaired) electrons. The first-order valence-electron chi connectivity index (χ1n) is 4.41. The third kappa shape index (κ3) is 2.66. The summed E-state index contributed by atoms with van der Waals surface area (Å²) < 4.78 is 0. The lowest BCUT2D eigenvalue weighted by Crippen LogP contribution is -2.45. The van der Waals surface area contributed by atoms with Crippen LogP contribution >= 0.6 is 0 Å². The molecule has 12 heavy (non-hydrogen) atoms. The van der Waals surface area contributed by atoms with Gasteiger partial charge in [-0.15, -0.1) is 0 Å². The molecule has 1 heterocycles. The quantitative estimate of drug-likeness (QED) is 0.626. The maximum atomic E-state index is 11.2. The predicted molar refractivity (Wildman–Crippen MR) is 48.4 cm³/mol. The number of nitrogens with one attached hydrogen (secondary N) is 1. The van der Waals surface area contributed by atoms with Crippen molar-refractivity contribution in [3.8, 4) is 0 Å². The van der Waals surface area contributed by atoms with Crippen LogP contribution in [-0.2, 0) is 4.79 Å². The highest BCUT2D eigenvalue weighted by Crippen LogP contribution is 2.05. The zero-order valence-electron chi connectivity index (χ0n) is 7.60. The molecule has 0 bridgehead atoms. The molecule has 1 fully saturated rings. The Balaban J connectivity index is 2.29. The van der Waals surface area contributed by atoms with Crippen molar-refractivity contribution in [3.63, 3.8) is 0 Å². The van der Waals surface area contributed by atoms with Gasteiger partial charge in [-0.1, -0.05) is 13.0 Å². The van der Waals surface area contributed by atoms with E-state index in [1.807, 2.05) is 5.01 Å². The van der Waals surface area contributed by atoms with E-state index in [2.05, 4.69) is 12.0 Å². The summed E-state index contributed by atoms with van der Waals surface area (Å²) in [6, 6.07) is 0. The highest BCUT2D eigenvalue weighted by atomic mass is 16.2. The fraction of sp³-hybridized carbons (Fsp3) is 0.667. The molecule has 0 aromatic heterocycles. The van der Waals surface area contributed by atoms with Crippen molar-refractivity contribution in [1.82, 2.24) is 10.4 Å². The Bertz CT molecular complexity index is 183. The molecule has 1 aliphatic rings. The third-order valence-corrected chi connectivity index (χ3v) is 2.00. The molecule has 0 aromatic rings. The zero-order chi connectivity index (χ0) is 8.97. The topological polar surface area (TPSA) is 32.3 Å². The first-order valence-corrected chi connectivity index (χ1v) is 4.41. The summed E-state index contributed by atoms with van der Waals surface area (Å²) >= 11 is 0. The fourth-order valence-corrected chi connectivity index (χ4v) is 1.24. The Morgan fingerprint density at radius 1 is 1.33 bits per heavy atom. The van der Waals surface area contributed by atoms with E-state index in [-0.39, 0.29) is 5.91 Å². The van der Waals surface area contributed by atoms with Gasteiger partial charge in [-0.05, 0) is 19.8 Å². The van der Waals surface area contributed by atoms with Crippen molar-refractivity contribution >= 4 is 5.91 Å². The monoisotopic (exact) mass is 168 g/mol. The fourth-order valence-electron chi connectivity index (χ4n) is 1.24. The molecule has 1 aliphatic heterocycles. The van der Waals surface area contributed by atoms with Gasteiger partial charge in [-0.3, -0.25) is 10.2 Å². The molecule has 0 aliphatic carbocycles. The van der Waals surface area contributed by atoms with Crippen LogP contribution in [0.15, 0.2) is 12.2 Å². The number of rotatable bonds is 2. The van der Waals surface area contributed by atoms with E-state index in [1.165, 1.54) is 19.3 Å². The van der Waals surface area contributed by atoms with Crippen LogP contribution in [0, 0.1) is 0 Å². The molecule has 3 nitrogen and oxygen atoms in total.